The van der Waals surface area contributed by atoms with Gasteiger partial charge in [-0.25, -0.2) is 0 Å². The number of hydrogen-bond donors (Lipinski definition) is 1. The van der Waals surface area contributed by atoms with Crippen molar-refractivity contribution in [1.29, 1.82) is 0 Å². The summed E-state index contributed by atoms with van der Waals surface area (Å²) in [4.78, 5) is 0. The van der Waals surface area contributed by atoms with Gasteiger partial charge in [0.15, 0.2) is 0 Å². The third-order valence-electron chi connectivity index (χ3n) is 2.58. The summed E-state index contributed by atoms with van der Waals surface area (Å²) in [6.45, 7) is 2.05. The first-order valence-electron chi connectivity index (χ1n) is 4.69. The molecule has 0 aliphatic heterocycles. The Hall–Kier alpha value is -0.530. The summed E-state index contributed by atoms with van der Waals surface area (Å²) in [5, 5.41) is 0.797. The zero-order valence-electron chi connectivity index (χ0n) is 7.76. The first-order valence-corrected chi connectivity index (χ1v) is 5.07. The Labute approximate surface area is 83.9 Å². The Morgan fingerprint density at radius 1 is 1.38 bits per heavy atom. The van der Waals surface area contributed by atoms with E-state index in [1.54, 1.807) is 0 Å². The van der Waals surface area contributed by atoms with E-state index in [2.05, 4.69) is 13.0 Å². The first-order chi connectivity index (χ1) is 6.16. The summed E-state index contributed by atoms with van der Waals surface area (Å²) in [5.41, 5.74) is 8.46. The smallest absolute Gasteiger partial charge is 0.0411 e. The predicted octanol–water partition coefficient (Wildman–Crippen LogP) is 3.06. The molecule has 2 heteroatoms. The van der Waals surface area contributed by atoms with Crippen molar-refractivity contribution in [3.63, 3.8) is 0 Å². The minimum atomic E-state index is 0.192. The van der Waals surface area contributed by atoms with E-state index in [1.807, 2.05) is 12.1 Å². The zero-order chi connectivity index (χ0) is 9.42. The molecule has 1 aliphatic rings. The molecule has 2 N–H and O–H groups in total. The monoisotopic (exact) mass is 195 g/mol. The quantitative estimate of drug-likeness (QED) is 0.772. The molecule has 1 aromatic carbocycles. The molecule has 1 aliphatic carbocycles. The van der Waals surface area contributed by atoms with Crippen molar-refractivity contribution in [2.24, 2.45) is 11.7 Å². The van der Waals surface area contributed by atoms with Gasteiger partial charge in [-0.05, 0) is 48.9 Å². The number of nitrogens with two attached hydrogens (primary N) is 1. The second-order valence-corrected chi connectivity index (χ2v) is 4.36. The second-order valence-electron chi connectivity index (χ2n) is 3.93. The van der Waals surface area contributed by atoms with Crippen molar-refractivity contribution in [2.75, 3.05) is 0 Å². The van der Waals surface area contributed by atoms with Crippen LogP contribution >= 0.6 is 11.6 Å². The topological polar surface area (TPSA) is 26.0 Å². The Kier molecular flexibility index (Phi) is 2.31. The highest BCUT2D eigenvalue weighted by Crippen LogP contribution is 2.39. The minimum absolute atomic E-state index is 0.192. The van der Waals surface area contributed by atoms with Gasteiger partial charge in [0.05, 0.1) is 0 Å². The van der Waals surface area contributed by atoms with Crippen LogP contribution in [0.15, 0.2) is 18.2 Å². The van der Waals surface area contributed by atoms with Gasteiger partial charge in [-0.3, -0.25) is 0 Å². The fourth-order valence-electron chi connectivity index (χ4n) is 1.68. The van der Waals surface area contributed by atoms with Gasteiger partial charge in [-0.15, -0.1) is 0 Å². The number of halogens is 1. The van der Waals surface area contributed by atoms with Crippen LogP contribution in [-0.2, 0) is 0 Å². The summed E-state index contributed by atoms with van der Waals surface area (Å²) in [5.74, 6) is 0.692. The molecule has 0 saturated heterocycles. The maximum atomic E-state index is 6.08. The molecule has 1 aromatic rings. The highest BCUT2D eigenvalue weighted by molar-refractivity contribution is 6.30. The van der Waals surface area contributed by atoms with E-state index in [-0.39, 0.29) is 6.04 Å². The van der Waals surface area contributed by atoms with E-state index in [4.69, 9.17) is 17.3 Å². The Bertz CT molecular complexity index is 298. The molecule has 1 unspecified atom stereocenters. The molecule has 0 heterocycles. The normalized spacial score (nSPS) is 18.7. The maximum Gasteiger partial charge on any atom is 0.0411 e. The summed E-state index contributed by atoms with van der Waals surface area (Å²) in [6.07, 6.45) is 2.54. The van der Waals surface area contributed by atoms with Crippen LogP contribution in [0.2, 0.25) is 5.02 Å². The average molecular weight is 196 g/mol. The maximum absolute atomic E-state index is 6.08. The zero-order valence-corrected chi connectivity index (χ0v) is 8.51. The number of rotatable bonds is 2. The highest BCUT2D eigenvalue weighted by Gasteiger charge is 2.29. The fourth-order valence-corrected chi connectivity index (χ4v) is 1.98. The van der Waals surface area contributed by atoms with Crippen LogP contribution in [-0.4, -0.2) is 0 Å². The molecule has 0 aromatic heterocycles. The summed E-state index contributed by atoms with van der Waals surface area (Å²) >= 11 is 5.96. The van der Waals surface area contributed by atoms with Crippen LogP contribution in [0, 0.1) is 12.8 Å². The van der Waals surface area contributed by atoms with E-state index in [1.165, 1.54) is 24.0 Å². The summed E-state index contributed by atoms with van der Waals surface area (Å²) in [6, 6.07) is 6.27. The number of hydrogen-bond acceptors (Lipinski definition) is 1. The van der Waals surface area contributed by atoms with Gasteiger partial charge in [0.25, 0.3) is 0 Å². The lowest BCUT2D eigenvalue weighted by atomic mass is 10.0. The Morgan fingerprint density at radius 3 is 2.62 bits per heavy atom. The van der Waals surface area contributed by atoms with E-state index in [9.17, 15) is 0 Å². The molecule has 0 spiro atoms. The standard InChI is InChI=1S/C11H14ClN/c1-7-4-9(6-10(12)5-7)11(13)8-2-3-8/h4-6,8,11H,2-3,13H2,1H3. The van der Waals surface area contributed by atoms with E-state index < -0.39 is 0 Å². The van der Waals surface area contributed by atoms with E-state index in [0.717, 1.165) is 5.02 Å². The second kappa shape index (κ2) is 3.32. The molecule has 1 nitrogen and oxygen atoms in total. The van der Waals surface area contributed by atoms with Gasteiger partial charge in [-0.2, -0.15) is 0 Å². The highest BCUT2D eigenvalue weighted by atomic mass is 35.5. The van der Waals surface area contributed by atoms with E-state index >= 15 is 0 Å². The Morgan fingerprint density at radius 2 is 2.08 bits per heavy atom. The van der Waals surface area contributed by atoms with Crippen LogP contribution in [0.4, 0.5) is 0 Å². The third kappa shape index (κ3) is 2.04. The molecule has 1 atom stereocenters. The van der Waals surface area contributed by atoms with Gasteiger partial charge in [-0.1, -0.05) is 17.7 Å². The van der Waals surface area contributed by atoms with Gasteiger partial charge in [0.2, 0.25) is 0 Å². The molecular weight excluding hydrogens is 182 g/mol. The molecular formula is C11H14ClN. The third-order valence-corrected chi connectivity index (χ3v) is 2.80. The van der Waals surface area contributed by atoms with Gasteiger partial charge in [0, 0.05) is 11.1 Å². The van der Waals surface area contributed by atoms with E-state index in [0.29, 0.717) is 5.92 Å². The van der Waals surface area contributed by atoms with Gasteiger partial charge < -0.3 is 5.73 Å². The SMILES string of the molecule is Cc1cc(Cl)cc(C(N)C2CC2)c1. The van der Waals surface area contributed by atoms with Crippen molar-refractivity contribution in [3.05, 3.63) is 34.3 Å². The average Bonchev–Trinajstić information content (AvgIpc) is 2.83. The van der Waals surface area contributed by atoms with Crippen molar-refractivity contribution in [3.8, 4) is 0 Å². The molecule has 13 heavy (non-hydrogen) atoms. The molecule has 1 saturated carbocycles. The summed E-state index contributed by atoms with van der Waals surface area (Å²) in [7, 11) is 0. The summed E-state index contributed by atoms with van der Waals surface area (Å²) < 4.78 is 0. The molecule has 0 radical (unpaired) electrons. The lowest BCUT2D eigenvalue weighted by Crippen LogP contribution is -2.12. The van der Waals surface area contributed by atoms with Crippen molar-refractivity contribution in [1.82, 2.24) is 0 Å². The predicted molar refractivity (Wildman–Crippen MR) is 55.8 cm³/mol. The van der Waals surface area contributed by atoms with Crippen LogP contribution in [0.3, 0.4) is 0 Å². The molecule has 70 valence electrons. The van der Waals surface area contributed by atoms with Crippen molar-refractivity contribution in [2.45, 2.75) is 25.8 Å². The molecule has 0 amide bonds. The van der Waals surface area contributed by atoms with Crippen LogP contribution < -0.4 is 5.73 Å². The van der Waals surface area contributed by atoms with Crippen molar-refractivity contribution < 1.29 is 0 Å². The van der Waals surface area contributed by atoms with Gasteiger partial charge >= 0.3 is 0 Å². The Balaban J connectivity index is 2.27. The number of aryl methyl sites for hydroxylation is 1. The van der Waals surface area contributed by atoms with Crippen LogP contribution in [0.1, 0.15) is 30.0 Å². The van der Waals surface area contributed by atoms with Crippen LogP contribution in [0.5, 0.6) is 0 Å². The van der Waals surface area contributed by atoms with Gasteiger partial charge in [0.1, 0.15) is 0 Å². The fraction of sp³-hybridized carbons (Fsp3) is 0.455. The number of benzene rings is 1. The van der Waals surface area contributed by atoms with Crippen molar-refractivity contribution >= 4 is 11.6 Å². The molecule has 2 rings (SSSR count). The molecule has 1 fully saturated rings. The van der Waals surface area contributed by atoms with Crippen LogP contribution in [0.25, 0.3) is 0 Å². The minimum Gasteiger partial charge on any atom is -0.324 e. The first kappa shape index (κ1) is 9.04. The molecule has 0 bridgehead atoms. The largest absolute Gasteiger partial charge is 0.324 e. The lowest BCUT2D eigenvalue weighted by Gasteiger charge is -2.11. The lowest BCUT2D eigenvalue weighted by molar-refractivity contribution is 0.633.